The van der Waals surface area contributed by atoms with Crippen molar-refractivity contribution >= 4 is 6.34 Å². The zero-order valence-corrected chi connectivity index (χ0v) is 14.3. The van der Waals surface area contributed by atoms with Crippen LogP contribution in [-0.2, 0) is 11.8 Å². The van der Waals surface area contributed by atoms with E-state index in [9.17, 15) is 0 Å². The van der Waals surface area contributed by atoms with Gasteiger partial charge in [-0.25, -0.2) is 0 Å². The largest absolute Gasteiger partial charge is 0.497 e. The van der Waals surface area contributed by atoms with Crippen molar-refractivity contribution in [2.75, 3.05) is 21.3 Å². The van der Waals surface area contributed by atoms with Crippen molar-refractivity contribution in [1.29, 1.82) is 0 Å². The first-order valence-electron chi connectivity index (χ1n) is 7.06. The number of aryl methyl sites for hydroxylation is 1. The molecule has 0 unspecified atom stereocenters. The van der Waals surface area contributed by atoms with Gasteiger partial charge in [-0.2, -0.15) is 5.11 Å². The Balaban J connectivity index is 2.74. The maximum absolute atomic E-state index is 5.15. The van der Waals surface area contributed by atoms with E-state index in [1.54, 1.807) is 50.3 Å². The van der Waals surface area contributed by atoms with Gasteiger partial charge in [0.2, 0.25) is 0 Å². The highest BCUT2D eigenvalue weighted by Gasteiger charge is 1.93. The van der Waals surface area contributed by atoms with E-state index in [1.807, 2.05) is 19.3 Å². The Bertz CT molecular complexity index is 728. The molecular weight excluding hydrogens is 308 g/mol. The minimum atomic E-state index is 0.422. The van der Waals surface area contributed by atoms with E-state index in [0.29, 0.717) is 22.7 Å². The average Bonchev–Trinajstić information content (AvgIpc) is 2.59. The van der Waals surface area contributed by atoms with E-state index in [-0.39, 0.29) is 0 Å². The van der Waals surface area contributed by atoms with E-state index >= 15 is 0 Å². The third-order valence-corrected chi connectivity index (χ3v) is 2.74. The zero-order valence-electron chi connectivity index (χ0n) is 14.3. The quantitative estimate of drug-likeness (QED) is 0.198. The molecule has 0 aromatic carbocycles. The summed E-state index contributed by atoms with van der Waals surface area (Å²) in [7, 11) is 6.80. The highest BCUT2D eigenvalue weighted by Crippen LogP contribution is 2.05. The van der Waals surface area contributed by atoms with E-state index < -0.39 is 0 Å². The number of hydrogen-bond acceptors (Lipinski definition) is 6. The van der Waals surface area contributed by atoms with Crippen LogP contribution < -0.4 is 15.5 Å². The highest BCUT2D eigenvalue weighted by atomic mass is 16.5. The van der Waals surface area contributed by atoms with Gasteiger partial charge in [-0.3, -0.25) is 0 Å². The number of ether oxygens (including phenoxy) is 2. The van der Waals surface area contributed by atoms with E-state index in [4.69, 9.17) is 9.47 Å². The van der Waals surface area contributed by atoms with Gasteiger partial charge in [0.1, 0.15) is 11.5 Å². The summed E-state index contributed by atoms with van der Waals surface area (Å²) in [4.78, 5) is 0. The Morgan fingerprint density at radius 3 is 2.83 bits per heavy atom. The molecule has 1 rings (SSSR count). The Hall–Kier alpha value is -3.16. The van der Waals surface area contributed by atoms with E-state index in [1.165, 1.54) is 6.34 Å². The van der Waals surface area contributed by atoms with Gasteiger partial charge >= 0.3 is 0 Å². The monoisotopic (exact) mass is 330 g/mol. The lowest BCUT2D eigenvalue weighted by Crippen LogP contribution is -2.16. The second-order valence-corrected chi connectivity index (χ2v) is 4.45. The molecule has 0 radical (unpaired) electrons. The van der Waals surface area contributed by atoms with E-state index in [2.05, 4.69) is 32.3 Å². The number of rotatable bonds is 8. The first kappa shape index (κ1) is 18.9. The number of aromatic nitrogens is 1. The smallest absolute Gasteiger partial charge is 0.160 e. The van der Waals surface area contributed by atoms with Crippen molar-refractivity contribution in [3.8, 4) is 5.75 Å². The molecule has 1 aromatic rings. The summed E-state index contributed by atoms with van der Waals surface area (Å²) >= 11 is 0. The molecule has 0 aliphatic heterocycles. The number of methoxy groups -OCH3 is 2. The van der Waals surface area contributed by atoms with Crippen molar-refractivity contribution in [1.82, 2.24) is 9.88 Å². The standard InChI is InChI=1S/C16H22N6O2/c1-13(10-14(23-4)6-8-17-2)20-18-12-19-21-16-11-15(24-5)7-9-22(16)3/h6-12,17H,1H2,2-5H3/b8-6-,14-10+,19-12+,20-18+,21-16+. The van der Waals surface area contributed by atoms with E-state index in [0.717, 1.165) is 0 Å². The fourth-order valence-corrected chi connectivity index (χ4v) is 1.51. The van der Waals surface area contributed by atoms with Gasteiger partial charge in [0.05, 0.1) is 19.9 Å². The zero-order chi connectivity index (χ0) is 17.8. The SMILES string of the molecule is C=C(/C=C(\C=C/NC)OC)/N=N/C=N/N=c1\cc(OC)ccn1C. The molecule has 1 aromatic heterocycles. The van der Waals surface area contributed by atoms with Gasteiger partial charge in [-0.1, -0.05) is 6.58 Å². The number of nitrogens with zero attached hydrogens (tertiary/aromatic N) is 5. The molecule has 8 nitrogen and oxygen atoms in total. The molecule has 1 N–H and O–H groups in total. The molecule has 24 heavy (non-hydrogen) atoms. The predicted octanol–water partition coefficient (Wildman–Crippen LogP) is 2.11. The van der Waals surface area contributed by atoms with Crippen LogP contribution >= 0.6 is 0 Å². The van der Waals surface area contributed by atoms with Gasteiger partial charge in [-0.05, 0) is 18.3 Å². The second kappa shape index (κ2) is 10.5. The van der Waals surface area contributed by atoms with Crippen molar-refractivity contribution in [2.45, 2.75) is 0 Å². The minimum Gasteiger partial charge on any atom is -0.497 e. The number of nitrogens with one attached hydrogen (secondary N) is 1. The Kier molecular flexibility index (Phi) is 8.30. The van der Waals surface area contributed by atoms with Gasteiger partial charge in [0.15, 0.2) is 11.8 Å². The number of hydrogen-bond donors (Lipinski definition) is 1. The van der Waals surface area contributed by atoms with Crippen LogP contribution in [0.15, 0.2) is 75.1 Å². The maximum atomic E-state index is 5.15. The normalized spacial score (nSPS) is 13.2. The third kappa shape index (κ3) is 6.73. The fraction of sp³-hybridized carbons (Fsp3) is 0.250. The van der Waals surface area contributed by atoms with Crippen LogP contribution in [0, 0.1) is 0 Å². The van der Waals surface area contributed by atoms with Crippen LogP contribution in [0.5, 0.6) is 5.75 Å². The van der Waals surface area contributed by atoms with Crippen molar-refractivity contribution < 1.29 is 9.47 Å². The minimum absolute atomic E-state index is 0.422. The Morgan fingerprint density at radius 2 is 2.17 bits per heavy atom. The lowest BCUT2D eigenvalue weighted by molar-refractivity contribution is 0.306. The first-order valence-corrected chi connectivity index (χ1v) is 7.06. The molecule has 0 aliphatic carbocycles. The van der Waals surface area contributed by atoms with Gasteiger partial charge in [0.25, 0.3) is 0 Å². The lowest BCUT2D eigenvalue weighted by atomic mass is 10.4. The van der Waals surface area contributed by atoms with Crippen molar-refractivity contribution in [2.24, 2.45) is 27.5 Å². The average molecular weight is 330 g/mol. The number of azo groups is 1. The summed E-state index contributed by atoms with van der Waals surface area (Å²) in [5.41, 5.74) is 1.05. The molecule has 0 saturated carbocycles. The number of allylic oxidation sites excluding steroid dienone is 2. The Labute approximate surface area is 141 Å². The molecule has 0 spiro atoms. The summed E-state index contributed by atoms with van der Waals surface area (Å²) in [6.07, 6.45) is 8.17. The molecule has 1 heterocycles. The molecular formula is C16H22N6O2. The molecule has 0 aliphatic rings. The van der Waals surface area contributed by atoms with Crippen LogP contribution in [0.4, 0.5) is 0 Å². The summed E-state index contributed by atoms with van der Waals surface area (Å²) in [5.74, 6) is 1.29. The summed E-state index contributed by atoms with van der Waals surface area (Å²) in [5, 5.41) is 18.4. The van der Waals surface area contributed by atoms with Gasteiger partial charge in [-0.15, -0.1) is 15.3 Å². The topological polar surface area (TPSA) is 84.9 Å². The molecule has 0 atom stereocenters. The molecule has 0 amide bonds. The molecule has 0 saturated heterocycles. The fourth-order valence-electron chi connectivity index (χ4n) is 1.51. The predicted molar refractivity (Wildman–Crippen MR) is 93.3 cm³/mol. The van der Waals surface area contributed by atoms with Gasteiger partial charge in [0, 0.05) is 32.4 Å². The summed E-state index contributed by atoms with van der Waals surface area (Å²) in [6.45, 7) is 3.76. The molecule has 0 fully saturated rings. The third-order valence-electron chi connectivity index (χ3n) is 2.74. The maximum Gasteiger partial charge on any atom is 0.160 e. The first-order chi connectivity index (χ1) is 11.6. The van der Waals surface area contributed by atoms with Crippen molar-refractivity contribution in [3.05, 3.63) is 60.2 Å². The Morgan fingerprint density at radius 1 is 1.38 bits per heavy atom. The lowest BCUT2D eigenvalue weighted by Gasteiger charge is -2.01. The summed E-state index contributed by atoms with van der Waals surface area (Å²) in [6, 6.07) is 3.59. The van der Waals surface area contributed by atoms with Crippen LogP contribution in [-0.4, -0.2) is 32.2 Å². The van der Waals surface area contributed by atoms with Crippen LogP contribution in [0.1, 0.15) is 0 Å². The molecule has 8 heteroatoms. The second-order valence-electron chi connectivity index (χ2n) is 4.45. The highest BCUT2D eigenvalue weighted by molar-refractivity contribution is 5.54. The van der Waals surface area contributed by atoms with Gasteiger partial charge < -0.3 is 19.4 Å². The van der Waals surface area contributed by atoms with Crippen molar-refractivity contribution in [3.63, 3.8) is 0 Å². The summed E-state index contributed by atoms with van der Waals surface area (Å²) < 4.78 is 12.1. The number of pyridine rings is 1. The molecule has 128 valence electrons. The van der Waals surface area contributed by atoms with Crippen LogP contribution in [0.2, 0.25) is 0 Å². The van der Waals surface area contributed by atoms with Crippen LogP contribution in [0.25, 0.3) is 0 Å². The molecule has 0 bridgehead atoms. The van der Waals surface area contributed by atoms with Crippen LogP contribution in [0.3, 0.4) is 0 Å².